The molecule has 1 N–H and O–H groups in total. The number of aromatic nitrogens is 2. The second kappa shape index (κ2) is 5.12. The van der Waals surface area contributed by atoms with Crippen molar-refractivity contribution in [3.63, 3.8) is 0 Å². The average Bonchev–Trinajstić information content (AvgIpc) is 2.25. The first kappa shape index (κ1) is 12.0. The van der Waals surface area contributed by atoms with Crippen LogP contribution in [0.15, 0.2) is 6.20 Å². The number of terminal acetylenes is 1. The first-order valence-corrected chi connectivity index (χ1v) is 4.77. The highest BCUT2D eigenvalue weighted by molar-refractivity contribution is 5.88. The number of anilines is 1. The van der Waals surface area contributed by atoms with E-state index in [1.165, 1.54) is 6.20 Å². The molecule has 84 valence electrons. The van der Waals surface area contributed by atoms with Crippen LogP contribution < -0.4 is 4.90 Å². The second-order valence-electron chi connectivity index (χ2n) is 3.35. The SMILES string of the molecule is C#CCCN(C)c1ncc(C(=O)O)c(C)n1. The standard InChI is InChI=1S/C11H13N3O2/c1-4-5-6-14(3)11-12-7-9(10(15)16)8(2)13-11/h1,7H,5-6H2,2-3H3,(H,15,16). The Morgan fingerprint density at radius 3 is 2.88 bits per heavy atom. The lowest BCUT2D eigenvalue weighted by Crippen LogP contribution is -2.21. The molecule has 5 heteroatoms. The highest BCUT2D eigenvalue weighted by Gasteiger charge is 2.11. The minimum absolute atomic E-state index is 0.120. The molecule has 1 aromatic rings. The summed E-state index contributed by atoms with van der Waals surface area (Å²) >= 11 is 0. The van der Waals surface area contributed by atoms with Gasteiger partial charge in [-0.15, -0.1) is 12.3 Å². The van der Waals surface area contributed by atoms with Crippen LogP contribution in [-0.4, -0.2) is 34.6 Å². The van der Waals surface area contributed by atoms with Crippen LogP contribution >= 0.6 is 0 Å². The Kier molecular flexibility index (Phi) is 3.84. The fraction of sp³-hybridized carbons (Fsp3) is 0.364. The average molecular weight is 219 g/mol. The number of aryl methyl sites for hydroxylation is 1. The molecule has 0 aromatic carbocycles. The molecule has 1 rings (SSSR count). The smallest absolute Gasteiger partial charge is 0.339 e. The lowest BCUT2D eigenvalue weighted by atomic mass is 10.2. The van der Waals surface area contributed by atoms with Crippen molar-refractivity contribution in [3.8, 4) is 12.3 Å². The van der Waals surface area contributed by atoms with E-state index in [4.69, 9.17) is 11.5 Å². The van der Waals surface area contributed by atoms with Crippen molar-refractivity contribution >= 4 is 11.9 Å². The van der Waals surface area contributed by atoms with Gasteiger partial charge < -0.3 is 10.0 Å². The Labute approximate surface area is 94.1 Å². The van der Waals surface area contributed by atoms with Crippen LogP contribution in [0.2, 0.25) is 0 Å². The number of nitrogens with zero attached hydrogens (tertiary/aromatic N) is 3. The summed E-state index contributed by atoms with van der Waals surface area (Å²) < 4.78 is 0. The molecule has 0 aliphatic heterocycles. The Morgan fingerprint density at radius 2 is 2.38 bits per heavy atom. The molecule has 16 heavy (non-hydrogen) atoms. The van der Waals surface area contributed by atoms with E-state index in [0.29, 0.717) is 24.6 Å². The van der Waals surface area contributed by atoms with Crippen molar-refractivity contribution in [2.75, 3.05) is 18.5 Å². The van der Waals surface area contributed by atoms with Gasteiger partial charge in [-0.25, -0.2) is 14.8 Å². The quantitative estimate of drug-likeness (QED) is 0.763. The first-order chi connectivity index (χ1) is 7.56. The van der Waals surface area contributed by atoms with E-state index in [9.17, 15) is 4.79 Å². The van der Waals surface area contributed by atoms with E-state index < -0.39 is 5.97 Å². The molecule has 0 unspecified atom stereocenters. The maximum Gasteiger partial charge on any atom is 0.339 e. The minimum Gasteiger partial charge on any atom is -0.478 e. The van der Waals surface area contributed by atoms with Gasteiger partial charge in [-0.05, 0) is 6.92 Å². The maximum absolute atomic E-state index is 10.8. The van der Waals surface area contributed by atoms with E-state index >= 15 is 0 Å². The summed E-state index contributed by atoms with van der Waals surface area (Å²) in [6.45, 7) is 2.28. The lowest BCUT2D eigenvalue weighted by Gasteiger charge is -2.15. The molecule has 0 atom stereocenters. The van der Waals surface area contributed by atoms with Crippen LogP contribution in [-0.2, 0) is 0 Å². The Hall–Kier alpha value is -2.09. The Morgan fingerprint density at radius 1 is 1.69 bits per heavy atom. The van der Waals surface area contributed by atoms with Crippen molar-refractivity contribution in [3.05, 3.63) is 17.5 Å². The highest BCUT2D eigenvalue weighted by atomic mass is 16.4. The third-order valence-corrected chi connectivity index (χ3v) is 2.13. The summed E-state index contributed by atoms with van der Waals surface area (Å²) in [5, 5.41) is 8.82. The summed E-state index contributed by atoms with van der Waals surface area (Å²) in [6.07, 6.45) is 7.06. The number of carboxylic acid groups (broad SMARTS) is 1. The molecule has 0 spiro atoms. The molecule has 0 aliphatic rings. The minimum atomic E-state index is -1.02. The molecule has 1 aromatic heterocycles. The van der Waals surface area contributed by atoms with Gasteiger partial charge >= 0.3 is 5.97 Å². The zero-order valence-corrected chi connectivity index (χ0v) is 9.27. The topological polar surface area (TPSA) is 66.3 Å². The third-order valence-electron chi connectivity index (χ3n) is 2.13. The van der Waals surface area contributed by atoms with Gasteiger partial charge in [-0.2, -0.15) is 0 Å². The molecule has 0 aliphatic carbocycles. The molecule has 0 fully saturated rings. The summed E-state index contributed by atoms with van der Waals surface area (Å²) in [6, 6.07) is 0. The lowest BCUT2D eigenvalue weighted by molar-refractivity contribution is 0.0695. The van der Waals surface area contributed by atoms with Gasteiger partial charge in [0.1, 0.15) is 0 Å². The maximum atomic E-state index is 10.8. The molecule has 0 saturated carbocycles. The predicted molar refractivity (Wildman–Crippen MR) is 60.4 cm³/mol. The number of hydrogen-bond donors (Lipinski definition) is 1. The van der Waals surface area contributed by atoms with E-state index in [1.54, 1.807) is 11.8 Å². The zero-order valence-electron chi connectivity index (χ0n) is 9.27. The van der Waals surface area contributed by atoms with Gasteiger partial charge in [0.25, 0.3) is 0 Å². The van der Waals surface area contributed by atoms with E-state index in [-0.39, 0.29) is 5.56 Å². The van der Waals surface area contributed by atoms with Gasteiger partial charge in [0.05, 0.1) is 11.3 Å². The fourth-order valence-corrected chi connectivity index (χ4v) is 1.18. The molecular formula is C11H13N3O2. The third kappa shape index (κ3) is 2.70. The van der Waals surface area contributed by atoms with Crippen LogP contribution in [0.4, 0.5) is 5.95 Å². The van der Waals surface area contributed by atoms with E-state index in [0.717, 1.165) is 0 Å². The largest absolute Gasteiger partial charge is 0.478 e. The van der Waals surface area contributed by atoms with Gasteiger partial charge in [0, 0.05) is 26.2 Å². The molecule has 0 amide bonds. The Bertz CT molecular complexity index is 437. The fourth-order valence-electron chi connectivity index (χ4n) is 1.18. The van der Waals surface area contributed by atoms with E-state index in [2.05, 4.69) is 15.9 Å². The molecule has 5 nitrogen and oxygen atoms in total. The van der Waals surface area contributed by atoms with Crippen molar-refractivity contribution in [1.29, 1.82) is 0 Å². The number of rotatable bonds is 4. The molecule has 0 saturated heterocycles. The molecular weight excluding hydrogens is 206 g/mol. The summed E-state index contributed by atoms with van der Waals surface area (Å²) in [5.41, 5.74) is 0.569. The van der Waals surface area contributed by atoms with Crippen molar-refractivity contribution in [2.24, 2.45) is 0 Å². The normalized spacial score (nSPS) is 9.56. The van der Waals surface area contributed by atoms with Crippen molar-refractivity contribution < 1.29 is 9.90 Å². The van der Waals surface area contributed by atoms with Crippen molar-refractivity contribution in [2.45, 2.75) is 13.3 Å². The molecule has 0 radical (unpaired) electrons. The van der Waals surface area contributed by atoms with E-state index in [1.807, 2.05) is 7.05 Å². The van der Waals surface area contributed by atoms with Crippen LogP contribution in [0, 0.1) is 19.3 Å². The number of aromatic carboxylic acids is 1. The van der Waals surface area contributed by atoms with Crippen LogP contribution in [0.5, 0.6) is 0 Å². The predicted octanol–water partition coefficient (Wildman–Crippen LogP) is 0.943. The number of hydrogen-bond acceptors (Lipinski definition) is 4. The summed E-state index contributed by atoms with van der Waals surface area (Å²) in [5.74, 6) is 1.99. The van der Waals surface area contributed by atoms with Gasteiger partial charge in [0.15, 0.2) is 0 Å². The van der Waals surface area contributed by atoms with Crippen LogP contribution in [0.1, 0.15) is 22.5 Å². The highest BCUT2D eigenvalue weighted by Crippen LogP contribution is 2.10. The van der Waals surface area contributed by atoms with Crippen LogP contribution in [0.25, 0.3) is 0 Å². The van der Waals surface area contributed by atoms with Gasteiger partial charge in [-0.3, -0.25) is 0 Å². The number of carboxylic acids is 1. The van der Waals surface area contributed by atoms with Gasteiger partial charge in [0.2, 0.25) is 5.95 Å². The second-order valence-corrected chi connectivity index (χ2v) is 3.35. The summed E-state index contributed by atoms with van der Waals surface area (Å²) in [4.78, 5) is 20.6. The molecule has 0 bridgehead atoms. The Balaban J connectivity index is 2.89. The zero-order chi connectivity index (χ0) is 12.1. The number of carbonyl (C=O) groups is 1. The van der Waals surface area contributed by atoms with Gasteiger partial charge in [-0.1, -0.05) is 0 Å². The van der Waals surface area contributed by atoms with Crippen molar-refractivity contribution in [1.82, 2.24) is 9.97 Å². The van der Waals surface area contributed by atoms with Crippen LogP contribution in [0.3, 0.4) is 0 Å². The monoisotopic (exact) mass is 219 g/mol. The first-order valence-electron chi connectivity index (χ1n) is 4.77. The summed E-state index contributed by atoms with van der Waals surface area (Å²) in [7, 11) is 1.81. The molecule has 1 heterocycles.